The molecule has 30 heavy (non-hydrogen) atoms. The highest BCUT2D eigenvalue weighted by Crippen LogP contribution is 2.46. The van der Waals surface area contributed by atoms with E-state index in [4.69, 9.17) is 0 Å². The molecule has 0 spiro atoms. The molecule has 4 heteroatoms. The largest absolute Gasteiger partial charge is 0.244 e. The van der Waals surface area contributed by atoms with Crippen LogP contribution >= 0.6 is 0 Å². The normalized spacial score (nSPS) is 19.6. The number of aryl methyl sites for hydroxylation is 4. The molecule has 0 unspecified atom stereocenters. The Kier molecular flexibility index (Phi) is 5.27. The van der Waals surface area contributed by atoms with E-state index >= 15 is 0 Å². The monoisotopic (exact) mass is 421 g/mol. The van der Waals surface area contributed by atoms with E-state index in [9.17, 15) is 8.42 Å². The molecule has 1 aliphatic heterocycles. The van der Waals surface area contributed by atoms with Gasteiger partial charge in [-0.1, -0.05) is 67.4 Å². The minimum atomic E-state index is -3.61. The number of hydrogen-bond acceptors (Lipinski definition) is 2. The fourth-order valence-corrected chi connectivity index (χ4v) is 6.98. The van der Waals surface area contributed by atoms with E-state index in [1.165, 1.54) is 27.8 Å². The van der Waals surface area contributed by atoms with Crippen molar-refractivity contribution in [3.05, 3.63) is 81.4 Å². The lowest BCUT2D eigenvalue weighted by molar-refractivity contribution is 0.308. The van der Waals surface area contributed by atoms with E-state index in [1.54, 1.807) is 4.31 Å². The molecule has 2 aliphatic rings. The second kappa shape index (κ2) is 7.51. The summed E-state index contributed by atoms with van der Waals surface area (Å²) in [7, 11) is -3.61. The number of nitrogens with zero attached hydrogens (tertiary/aromatic N) is 1. The first kappa shape index (κ1) is 21.1. The molecule has 0 bridgehead atoms. The smallest absolute Gasteiger partial charge is 0.207 e. The van der Waals surface area contributed by atoms with Crippen LogP contribution in [0.2, 0.25) is 0 Å². The van der Waals surface area contributed by atoms with Crippen LogP contribution in [0.25, 0.3) is 5.57 Å². The number of sulfonamides is 1. The van der Waals surface area contributed by atoms with Crippen LogP contribution in [0, 0.1) is 33.6 Å². The fourth-order valence-electron chi connectivity index (χ4n) is 4.89. The molecule has 158 valence electrons. The fraction of sp³-hybridized carbons (Fsp3) is 0.385. The molecule has 1 atom stereocenters. The van der Waals surface area contributed by atoms with Crippen LogP contribution in [0.4, 0.5) is 0 Å². The van der Waals surface area contributed by atoms with Crippen molar-refractivity contribution in [2.24, 2.45) is 5.92 Å². The zero-order chi connectivity index (χ0) is 21.8. The van der Waals surface area contributed by atoms with Gasteiger partial charge in [-0.15, -0.1) is 0 Å². The minimum absolute atomic E-state index is 0.117. The number of benzene rings is 2. The molecule has 4 rings (SSSR count). The van der Waals surface area contributed by atoms with Crippen molar-refractivity contribution >= 4 is 15.6 Å². The molecule has 0 N–H and O–H groups in total. The Hall–Kier alpha value is -2.17. The molecule has 1 aliphatic carbocycles. The lowest BCUT2D eigenvalue weighted by atomic mass is 9.75. The maximum Gasteiger partial charge on any atom is 0.244 e. The van der Waals surface area contributed by atoms with Crippen molar-refractivity contribution in [2.75, 3.05) is 6.54 Å². The summed E-state index contributed by atoms with van der Waals surface area (Å²) in [5.41, 5.74) is 8.95. The lowest BCUT2D eigenvalue weighted by Gasteiger charge is -2.42. The van der Waals surface area contributed by atoms with Gasteiger partial charge in [-0.25, -0.2) is 8.42 Å². The molecule has 3 nitrogen and oxygen atoms in total. The van der Waals surface area contributed by atoms with Crippen LogP contribution in [0.3, 0.4) is 0 Å². The Morgan fingerprint density at radius 2 is 1.50 bits per heavy atom. The summed E-state index contributed by atoms with van der Waals surface area (Å²) in [5, 5.41) is 0. The van der Waals surface area contributed by atoms with Gasteiger partial charge in [-0.3, -0.25) is 0 Å². The molecule has 2 aromatic rings. The number of allylic oxidation sites excluding steroid dienone is 1. The molecule has 0 aromatic heterocycles. The molecule has 0 fully saturated rings. The Morgan fingerprint density at radius 1 is 0.900 bits per heavy atom. The highest BCUT2D eigenvalue weighted by Gasteiger charge is 2.41. The van der Waals surface area contributed by atoms with Crippen LogP contribution in [0.5, 0.6) is 0 Å². The van der Waals surface area contributed by atoms with E-state index in [1.807, 2.05) is 32.9 Å². The third-order valence-electron chi connectivity index (χ3n) is 6.39. The highest BCUT2D eigenvalue weighted by molar-refractivity contribution is 7.89. The molecular weight excluding hydrogens is 390 g/mol. The lowest BCUT2D eigenvalue weighted by Crippen LogP contribution is -2.47. The van der Waals surface area contributed by atoms with Gasteiger partial charge in [0.1, 0.15) is 0 Å². The first-order valence-electron chi connectivity index (χ1n) is 10.7. The second-order valence-electron chi connectivity index (χ2n) is 9.20. The maximum atomic E-state index is 13.9. The van der Waals surface area contributed by atoms with E-state index in [-0.39, 0.29) is 12.0 Å². The summed E-state index contributed by atoms with van der Waals surface area (Å²) in [4.78, 5) is 0.465. The predicted octanol–water partition coefficient (Wildman–Crippen LogP) is 5.73. The van der Waals surface area contributed by atoms with Crippen molar-refractivity contribution in [2.45, 2.75) is 58.9 Å². The first-order chi connectivity index (χ1) is 14.1. The number of fused-ring (bicyclic) bond motifs is 1. The minimum Gasteiger partial charge on any atom is -0.207 e. The van der Waals surface area contributed by atoms with Crippen LogP contribution in [-0.2, 0) is 10.0 Å². The van der Waals surface area contributed by atoms with Crippen molar-refractivity contribution in [3.63, 3.8) is 0 Å². The number of rotatable bonds is 4. The van der Waals surface area contributed by atoms with Crippen LogP contribution < -0.4 is 0 Å². The van der Waals surface area contributed by atoms with E-state index in [0.29, 0.717) is 11.4 Å². The zero-order valence-electron chi connectivity index (χ0n) is 18.8. The maximum absolute atomic E-state index is 13.9. The van der Waals surface area contributed by atoms with Gasteiger partial charge in [0.25, 0.3) is 0 Å². The number of hydrogen-bond donors (Lipinski definition) is 0. The Labute approximate surface area is 181 Å². The molecule has 0 radical (unpaired) electrons. The van der Waals surface area contributed by atoms with Gasteiger partial charge in [0.2, 0.25) is 10.0 Å². The summed E-state index contributed by atoms with van der Waals surface area (Å²) in [6.45, 7) is 12.6. The third kappa shape index (κ3) is 3.46. The second-order valence-corrected chi connectivity index (χ2v) is 11.0. The molecule has 0 amide bonds. The summed E-state index contributed by atoms with van der Waals surface area (Å²) < 4.78 is 29.5. The summed E-state index contributed by atoms with van der Waals surface area (Å²) in [5.74, 6) is 0.211. The molecule has 2 aromatic carbocycles. The van der Waals surface area contributed by atoms with Gasteiger partial charge in [-0.2, -0.15) is 4.31 Å². The summed E-state index contributed by atoms with van der Waals surface area (Å²) in [6.07, 6.45) is 3.12. The standard InChI is InChI=1S/C26H31NO2S/c1-16(2)25-14-22-13-23(21-9-7-17(3)8-10-21)24(22)15-27(25)30(28,29)26-19(5)11-18(4)12-20(26)6/h7-12,14,16,25H,13,15H2,1-6H3/t25-/m1/s1. The van der Waals surface area contributed by atoms with Crippen molar-refractivity contribution in [1.82, 2.24) is 4.31 Å². The topological polar surface area (TPSA) is 37.4 Å². The Balaban J connectivity index is 1.81. The van der Waals surface area contributed by atoms with E-state index in [0.717, 1.165) is 23.1 Å². The average molecular weight is 422 g/mol. The van der Waals surface area contributed by atoms with Crippen LogP contribution in [-0.4, -0.2) is 25.3 Å². The summed E-state index contributed by atoms with van der Waals surface area (Å²) >= 11 is 0. The van der Waals surface area contributed by atoms with Crippen molar-refractivity contribution < 1.29 is 8.42 Å². The molecular formula is C26H31NO2S. The van der Waals surface area contributed by atoms with Gasteiger partial charge in [0.15, 0.2) is 0 Å². The molecule has 1 heterocycles. The highest BCUT2D eigenvalue weighted by atomic mass is 32.2. The SMILES string of the molecule is Cc1ccc(C2=C3CN(S(=O)(=O)c4c(C)cc(C)cc4C)[C@@H](C(C)C)C=C3C2)cc1. The van der Waals surface area contributed by atoms with Gasteiger partial charge in [0, 0.05) is 12.6 Å². The zero-order valence-corrected chi connectivity index (χ0v) is 19.6. The van der Waals surface area contributed by atoms with E-state index in [2.05, 4.69) is 51.1 Å². The quantitative estimate of drug-likeness (QED) is 0.632. The Bertz CT molecular complexity index is 1150. The molecule has 0 saturated heterocycles. The summed E-state index contributed by atoms with van der Waals surface area (Å²) in [6, 6.07) is 12.4. The van der Waals surface area contributed by atoms with E-state index < -0.39 is 10.0 Å². The van der Waals surface area contributed by atoms with Crippen molar-refractivity contribution in [3.8, 4) is 0 Å². The van der Waals surface area contributed by atoms with Gasteiger partial charge in [-0.05, 0) is 73.4 Å². The van der Waals surface area contributed by atoms with Crippen LogP contribution in [0.15, 0.2) is 58.5 Å². The van der Waals surface area contributed by atoms with Gasteiger partial charge in [0.05, 0.1) is 4.90 Å². The predicted molar refractivity (Wildman–Crippen MR) is 124 cm³/mol. The van der Waals surface area contributed by atoms with Gasteiger partial charge < -0.3 is 0 Å². The molecule has 0 saturated carbocycles. The van der Waals surface area contributed by atoms with Crippen LogP contribution in [0.1, 0.15) is 48.1 Å². The van der Waals surface area contributed by atoms with Crippen molar-refractivity contribution in [1.29, 1.82) is 0 Å². The average Bonchev–Trinajstić information content (AvgIpc) is 2.62. The Morgan fingerprint density at radius 3 is 2.07 bits per heavy atom. The third-order valence-corrected chi connectivity index (χ3v) is 8.54. The van der Waals surface area contributed by atoms with Gasteiger partial charge >= 0.3 is 0 Å². The first-order valence-corrected chi connectivity index (χ1v) is 12.1.